The number of rotatable bonds is 7. The summed E-state index contributed by atoms with van der Waals surface area (Å²) in [6, 6.07) is 6.21. The van der Waals surface area contributed by atoms with Gasteiger partial charge in [0.25, 0.3) is 0 Å². The van der Waals surface area contributed by atoms with E-state index in [1.54, 1.807) is 18.2 Å². The molecule has 0 aliphatic rings. The number of allylic oxidation sites excluding steroid dienone is 3. The molecule has 6 heteroatoms. The lowest BCUT2D eigenvalue weighted by atomic mass is 10.1. The summed E-state index contributed by atoms with van der Waals surface area (Å²) in [4.78, 5) is 13.3. The zero-order valence-electron chi connectivity index (χ0n) is 17.9. The van der Waals surface area contributed by atoms with Gasteiger partial charge in [0.05, 0.1) is 14.2 Å². The second-order valence-corrected chi connectivity index (χ2v) is 7.27. The standard InChI is InChI=1S/C24H26O6/c1-14(2)6-7-15(3)10-11-29-19-12-16(27-4)13-20-22(19)23(26)21-17(25)8-9-18(28-5)24(21)30-20/h6,8-10,12-13,25H,7,11H2,1-5H3/b15-10+. The summed E-state index contributed by atoms with van der Waals surface area (Å²) in [7, 11) is 3.00. The Morgan fingerprint density at radius 3 is 2.47 bits per heavy atom. The van der Waals surface area contributed by atoms with E-state index >= 15 is 0 Å². The van der Waals surface area contributed by atoms with E-state index in [1.807, 2.05) is 13.0 Å². The van der Waals surface area contributed by atoms with Crippen LogP contribution in [0.3, 0.4) is 0 Å². The Morgan fingerprint density at radius 2 is 1.80 bits per heavy atom. The summed E-state index contributed by atoms with van der Waals surface area (Å²) in [5.41, 5.74) is 2.47. The molecule has 0 saturated carbocycles. The summed E-state index contributed by atoms with van der Waals surface area (Å²) >= 11 is 0. The Morgan fingerprint density at radius 1 is 1.03 bits per heavy atom. The van der Waals surface area contributed by atoms with Crippen molar-refractivity contribution in [2.75, 3.05) is 20.8 Å². The van der Waals surface area contributed by atoms with E-state index in [-0.39, 0.29) is 34.3 Å². The first-order valence-electron chi connectivity index (χ1n) is 9.62. The Hall–Kier alpha value is -3.41. The van der Waals surface area contributed by atoms with Crippen LogP contribution in [-0.4, -0.2) is 25.9 Å². The Labute approximate surface area is 175 Å². The average molecular weight is 410 g/mol. The number of hydrogen-bond donors (Lipinski definition) is 1. The van der Waals surface area contributed by atoms with E-state index in [2.05, 4.69) is 19.9 Å². The molecule has 0 fully saturated rings. The molecule has 0 aliphatic heterocycles. The molecule has 158 valence electrons. The number of methoxy groups -OCH3 is 2. The third-order valence-corrected chi connectivity index (χ3v) is 4.76. The molecule has 0 aliphatic carbocycles. The van der Waals surface area contributed by atoms with Gasteiger partial charge in [-0.3, -0.25) is 4.79 Å². The van der Waals surface area contributed by atoms with Crippen LogP contribution in [0.15, 0.2) is 56.8 Å². The molecule has 0 unspecified atom stereocenters. The minimum Gasteiger partial charge on any atom is -0.507 e. The summed E-state index contributed by atoms with van der Waals surface area (Å²) in [5, 5.41) is 10.6. The molecule has 3 rings (SSSR count). The second-order valence-electron chi connectivity index (χ2n) is 7.27. The molecule has 1 aromatic heterocycles. The van der Waals surface area contributed by atoms with Crippen molar-refractivity contribution in [3.05, 3.63) is 57.8 Å². The normalized spacial score (nSPS) is 11.6. The Kier molecular flexibility index (Phi) is 6.35. The van der Waals surface area contributed by atoms with Crippen LogP contribution in [0.5, 0.6) is 23.0 Å². The number of hydrogen-bond acceptors (Lipinski definition) is 6. The van der Waals surface area contributed by atoms with Crippen molar-refractivity contribution in [2.24, 2.45) is 0 Å². The van der Waals surface area contributed by atoms with Crippen LogP contribution in [0.2, 0.25) is 0 Å². The van der Waals surface area contributed by atoms with Gasteiger partial charge in [-0.25, -0.2) is 0 Å². The van der Waals surface area contributed by atoms with Crippen molar-refractivity contribution in [3.8, 4) is 23.0 Å². The van der Waals surface area contributed by atoms with Gasteiger partial charge in [0, 0.05) is 12.1 Å². The molecule has 2 aromatic carbocycles. The van der Waals surface area contributed by atoms with E-state index in [0.29, 0.717) is 17.2 Å². The summed E-state index contributed by atoms with van der Waals surface area (Å²) in [5.74, 6) is 0.989. The van der Waals surface area contributed by atoms with Crippen molar-refractivity contribution in [1.82, 2.24) is 0 Å². The van der Waals surface area contributed by atoms with Gasteiger partial charge in [0.2, 0.25) is 5.43 Å². The number of phenolic OH excluding ortho intramolecular Hbond substituents is 1. The highest BCUT2D eigenvalue weighted by molar-refractivity contribution is 5.98. The zero-order valence-corrected chi connectivity index (χ0v) is 17.9. The van der Waals surface area contributed by atoms with Gasteiger partial charge < -0.3 is 23.7 Å². The van der Waals surface area contributed by atoms with E-state index in [9.17, 15) is 9.90 Å². The van der Waals surface area contributed by atoms with Crippen LogP contribution >= 0.6 is 0 Å². The second kappa shape index (κ2) is 8.95. The molecule has 0 amide bonds. The number of aromatic hydroxyl groups is 1. The highest BCUT2D eigenvalue weighted by Gasteiger charge is 2.19. The molecular formula is C24H26O6. The fourth-order valence-corrected chi connectivity index (χ4v) is 3.09. The maximum absolute atomic E-state index is 13.3. The third-order valence-electron chi connectivity index (χ3n) is 4.76. The van der Waals surface area contributed by atoms with Crippen LogP contribution in [-0.2, 0) is 0 Å². The summed E-state index contributed by atoms with van der Waals surface area (Å²) in [6.45, 7) is 6.42. The van der Waals surface area contributed by atoms with Crippen LogP contribution in [0.25, 0.3) is 21.9 Å². The van der Waals surface area contributed by atoms with E-state index in [1.165, 1.54) is 25.9 Å². The highest BCUT2D eigenvalue weighted by Crippen LogP contribution is 2.36. The minimum atomic E-state index is -0.398. The number of fused-ring (bicyclic) bond motifs is 2. The lowest BCUT2D eigenvalue weighted by Gasteiger charge is -2.12. The molecule has 30 heavy (non-hydrogen) atoms. The van der Waals surface area contributed by atoms with Crippen LogP contribution in [0, 0.1) is 0 Å². The van der Waals surface area contributed by atoms with Gasteiger partial charge in [0.1, 0.15) is 40.2 Å². The molecule has 0 radical (unpaired) electrons. The first-order chi connectivity index (χ1) is 14.3. The van der Waals surface area contributed by atoms with E-state index < -0.39 is 5.43 Å². The smallest absolute Gasteiger partial charge is 0.208 e. The predicted octanol–water partition coefficient (Wildman–Crippen LogP) is 5.35. The topological polar surface area (TPSA) is 78.1 Å². The van der Waals surface area contributed by atoms with Crippen LogP contribution < -0.4 is 19.6 Å². The van der Waals surface area contributed by atoms with Crippen LogP contribution in [0.1, 0.15) is 27.2 Å². The number of benzene rings is 2. The van der Waals surface area contributed by atoms with Crippen molar-refractivity contribution >= 4 is 21.9 Å². The molecule has 0 spiro atoms. The fraction of sp³-hybridized carbons (Fsp3) is 0.292. The first kappa shape index (κ1) is 21.3. The zero-order chi connectivity index (χ0) is 21.8. The molecule has 1 N–H and O–H groups in total. The quantitative estimate of drug-likeness (QED) is 0.418. The molecule has 1 heterocycles. The average Bonchev–Trinajstić information content (AvgIpc) is 2.71. The van der Waals surface area contributed by atoms with Gasteiger partial charge >= 0.3 is 0 Å². The highest BCUT2D eigenvalue weighted by atomic mass is 16.5. The maximum atomic E-state index is 13.3. The SMILES string of the molecule is COc1cc(OC/C=C(\C)CC=C(C)C)c2c(=O)c3c(O)ccc(OC)c3oc2c1. The lowest BCUT2D eigenvalue weighted by Crippen LogP contribution is -2.07. The molecule has 3 aromatic rings. The number of phenols is 1. The van der Waals surface area contributed by atoms with E-state index in [0.717, 1.165) is 12.0 Å². The van der Waals surface area contributed by atoms with Gasteiger partial charge in [0.15, 0.2) is 11.3 Å². The fourth-order valence-electron chi connectivity index (χ4n) is 3.09. The molecular weight excluding hydrogens is 384 g/mol. The van der Waals surface area contributed by atoms with Gasteiger partial charge in [-0.1, -0.05) is 17.2 Å². The molecule has 0 saturated heterocycles. The first-order valence-corrected chi connectivity index (χ1v) is 9.62. The van der Waals surface area contributed by atoms with Crippen LogP contribution in [0.4, 0.5) is 0 Å². The van der Waals surface area contributed by atoms with Crippen molar-refractivity contribution in [2.45, 2.75) is 27.2 Å². The largest absolute Gasteiger partial charge is 0.507 e. The Balaban J connectivity index is 2.12. The van der Waals surface area contributed by atoms with Gasteiger partial charge in [-0.15, -0.1) is 0 Å². The maximum Gasteiger partial charge on any atom is 0.208 e. The van der Waals surface area contributed by atoms with Crippen molar-refractivity contribution in [3.63, 3.8) is 0 Å². The monoisotopic (exact) mass is 410 g/mol. The Bertz CT molecular complexity index is 1200. The van der Waals surface area contributed by atoms with E-state index in [4.69, 9.17) is 18.6 Å². The van der Waals surface area contributed by atoms with Gasteiger partial charge in [-0.2, -0.15) is 0 Å². The summed E-state index contributed by atoms with van der Waals surface area (Å²) in [6.07, 6.45) is 4.95. The third kappa shape index (κ3) is 4.27. The number of ether oxygens (including phenoxy) is 3. The predicted molar refractivity (Wildman–Crippen MR) is 118 cm³/mol. The van der Waals surface area contributed by atoms with Gasteiger partial charge in [-0.05, 0) is 45.4 Å². The van der Waals surface area contributed by atoms with Crippen molar-refractivity contribution in [1.29, 1.82) is 0 Å². The van der Waals surface area contributed by atoms with Crippen molar-refractivity contribution < 1.29 is 23.7 Å². The lowest BCUT2D eigenvalue weighted by molar-refractivity contribution is 0.359. The minimum absolute atomic E-state index is 0.0483. The molecule has 0 bridgehead atoms. The molecule has 0 atom stereocenters. The summed E-state index contributed by atoms with van der Waals surface area (Å²) < 4.78 is 22.5. The molecule has 6 nitrogen and oxygen atoms in total.